The average molecular weight is 284 g/mol. The molecule has 0 fully saturated rings. The minimum atomic E-state index is -0.560. The van der Waals surface area contributed by atoms with E-state index in [9.17, 15) is 9.18 Å². The molecule has 0 radical (unpaired) electrons. The van der Waals surface area contributed by atoms with Crippen molar-refractivity contribution in [3.8, 4) is 0 Å². The van der Waals surface area contributed by atoms with Gasteiger partial charge in [0.1, 0.15) is 5.82 Å². The Morgan fingerprint density at radius 3 is 2.43 bits per heavy atom. The van der Waals surface area contributed by atoms with Crippen LogP contribution in [0.3, 0.4) is 0 Å². The topological polar surface area (TPSA) is 41.5 Å². The molecule has 0 atom stereocenters. The van der Waals surface area contributed by atoms with Crippen molar-refractivity contribution in [1.82, 2.24) is 5.43 Å². The monoisotopic (exact) mass is 284 g/mol. The van der Waals surface area contributed by atoms with Gasteiger partial charge in [-0.2, -0.15) is 5.10 Å². The summed E-state index contributed by atoms with van der Waals surface area (Å²) in [6.45, 7) is 3.88. The summed E-state index contributed by atoms with van der Waals surface area (Å²) in [5.74, 6) is -1.12. The number of benzene rings is 2. The van der Waals surface area contributed by atoms with Gasteiger partial charge in [-0.3, -0.25) is 4.79 Å². The number of hydrazone groups is 1. The molecule has 0 saturated heterocycles. The number of carbonyl (C=O) groups excluding carboxylic acids is 1. The summed E-state index contributed by atoms with van der Waals surface area (Å²) in [6, 6.07) is 13.8. The van der Waals surface area contributed by atoms with Gasteiger partial charge < -0.3 is 0 Å². The zero-order valence-electron chi connectivity index (χ0n) is 12.1. The molecule has 0 spiro atoms. The minimum Gasteiger partial charge on any atom is -0.267 e. The average Bonchev–Trinajstić information content (AvgIpc) is 2.52. The summed E-state index contributed by atoms with van der Waals surface area (Å²) in [7, 11) is 0. The second kappa shape index (κ2) is 6.79. The van der Waals surface area contributed by atoms with Crippen LogP contribution in [0.15, 0.2) is 53.6 Å². The van der Waals surface area contributed by atoms with Gasteiger partial charge in [-0.15, -0.1) is 0 Å². The maximum Gasteiger partial charge on any atom is 0.274 e. The Balaban J connectivity index is 2.09. The predicted octanol–water partition coefficient (Wildman–Crippen LogP) is 3.54. The first-order valence-corrected chi connectivity index (χ1v) is 6.80. The second-order valence-electron chi connectivity index (χ2n) is 4.67. The predicted molar refractivity (Wildman–Crippen MR) is 81.9 cm³/mol. The number of halogens is 1. The highest BCUT2D eigenvalue weighted by atomic mass is 19.1. The number of aryl methyl sites for hydroxylation is 1. The summed E-state index contributed by atoms with van der Waals surface area (Å²) in [5, 5.41) is 4.02. The Morgan fingerprint density at radius 2 is 1.81 bits per heavy atom. The van der Waals surface area contributed by atoms with E-state index in [1.54, 1.807) is 13.0 Å². The Morgan fingerprint density at radius 1 is 1.14 bits per heavy atom. The van der Waals surface area contributed by atoms with Gasteiger partial charge in [0, 0.05) is 0 Å². The number of carbonyl (C=O) groups is 1. The molecule has 0 aliphatic heterocycles. The lowest BCUT2D eigenvalue weighted by atomic mass is 10.1. The normalized spacial score (nSPS) is 11.3. The molecule has 1 N–H and O–H groups in total. The van der Waals surface area contributed by atoms with Crippen LogP contribution in [-0.4, -0.2) is 11.6 Å². The molecule has 2 rings (SSSR count). The molecular formula is C17H17FN2O. The first-order valence-electron chi connectivity index (χ1n) is 6.80. The minimum absolute atomic E-state index is 0.0182. The van der Waals surface area contributed by atoms with Crippen LogP contribution in [0.2, 0.25) is 0 Å². The molecule has 21 heavy (non-hydrogen) atoms. The van der Waals surface area contributed by atoms with E-state index in [4.69, 9.17) is 0 Å². The van der Waals surface area contributed by atoms with E-state index in [1.165, 1.54) is 23.8 Å². The van der Waals surface area contributed by atoms with E-state index in [0.29, 0.717) is 5.71 Å². The van der Waals surface area contributed by atoms with Crippen LogP contribution < -0.4 is 5.43 Å². The van der Waals surface area contributed by atoms with Gasteiger partial charge in [0.2, 0.25) is 0 Å². The fraction of sp³-hybridized carbons (Fsp3) is 0.176. The second-order valence-corrected chi connectivity index (χ2v) is 4.67. The van der Waals surface area contributed by atoms with Crippen LogP contribution in [-0.2, 0) is 6.42 Å². The third-order valence-corrected chi connectivity index (χ3v) is 3.22. The Hall–Kier alpha value is -2.49. The highest BCUT2D eigenvalue weighted by Gasteiger charge is 2.09. The fourth-order valence-electron chi connectivity index (χ4n) is 1.89. The molecule has 4 heteroatoms. The number of nitrogens with one attached hydrogen (secondary N) is 1. The smallest absolute Gasteiger partial charge is 0.267 e. The van der Waals surface area contributed by atoms with Crippen molar-refractivity contribution in [3.05, 3.63) is 71.0 Å². The van der Waals surface area contributed by atoms with Crippen LogP contribution in [0.1, 0.15) is 35.3 Å². The molecule has 0 aliphatic carbocycles. The lowest BCUT2D eigenvalue weighted by Crippen LogP contribution is -2.20. The van der Waals surface area contributed by atoms with Crippen LogP contribution in [0.5, 0.6) is 0 Å². The molecule has 0 bridgehead atoms. The number of hydrogen-bond acceptors (Lipinski definition) is 2. The summed E-state index contributed by atoms with van der Waals surface area (Å²) in [4.78, 5) is 11.8. The van der Waals surface area contributed by atoms with Crippen LogP contribution in [0, 0.1) is 5.82 Å². The maximum absolute atomic E-state index is 13.5. The van der Waals surface area contributed by atoms with Crippen molar-refractivity contribution in [2.75, 3.05) is 0 Å². The molecule has 3 nitrogen and oxygen atoms in total. The Labute approximate surface area is 123 Å². The number of amides is 1. The summed E-state index contributed by atoms with van der Waals surface area (Å²) < 4.78 is 13.5. The van der Waals surface area contributed by atoms with Crippen molar-refractivity contribution in [2.45, 2.75) is 20.3 Å². The van der Waals surface area contributed by atoms with Gasteiger partial charge in [0.05, 0.1) is 11.3 Å². The highest BCUT2D eigenvalue weighted by Crippen LogP contribution is 2.08. The number of nitrogens with zero attached hydrogens (tertiary/aromatic N) is 1. The molecule has 0 saturated carbocycles. The molecule has 1 amide bonds. The van der Waals surface area contributed by atoms with E-state index in [-0.39, 0.29) is 5.56 Å². The standard InChI is InChI=1S/C17H17FN2O/c1-3-13-8-10-14(11-9-13)12(2)19-20-17(21)15-6-4-5-7-16(15)18/h4-11H,3H2,1-2H3,(H,20,21). The van der Waals surface area contributed by atoms with Gasteiger partial charge in [-0.05, 0) is 36.6 Å². The molecule has 0 aromatic heterocycles. The van der Waals surface area contributed by atoms with Gasteiger partial charge >= 0.3 is 0 Å². The van der Waals surface area contributed by atoms with Gasteiger partial charge in [-0.25, -0.2) is 9.82 Å². The van der Waals surface area contributed by atoms with E-state index in [1.807, 2.05) is 24.3 Å². The maximum atomic E-state index is 13.5. The van der Waals surface area contributed by atoms with Gasteiger partial charge in [0.15, 0.2) is 0 Å². The Bertz CT molecular complexity index is 663. The zero-order chi connectivity index (χ0) is 15.2. The molecule has 2 aromatic carbocycles. The Kier molecular flexibility index (Phi) is 4.82. The molecule has 0 heterocycles. The third kappa shape index (κ3) is 3.75. The van der Waals surface area contributed by atoms with Crippen LogP contribution >= 0.6 is 0 Å². The van der Waals surface area contributed by atoms with Crippen molar-refractivity contribution in [1.29, 1.82) is 0 Å². The van der Waals surface area contributed by atoms with E-state index < -0.39 is 11.7 Å². The van der Waals surface area contributed by atoms with Crippen molar-refractivity contribution < 1.29 is 9.18 Å². The first-order chi connectivity index (χ1) is 10.1. The zero-order valence-corrected chi connectivity index (χ0v) is 12.1. The molecule has 0 unspecified atom stereocenters. The number of hydrogen-bond donors (Lipinski definition) is 1. The largest absolute Gasteiger partial charge is 0.274 e. The first kappa shape index (κ1) is 14.9. The SMILES string of the molecule is CCc1ccc(C(C)=NNC(=O)c2ccccc2F)cc1. The number of rotatable bonds is 4. The summed E-state index contributed by atoms with van der Waals surface area (Å²) in [5.41, 5.74) is 5.18. The highest BCUT2D eigenvalue weighted by molar-refractivity contribution is 6.00. The molecular weight excluding hydrogens is 267 g/mol. The van der Waals surface area contributed by atoms with Crippen molar-refractivity contribution in [2.24, 2.45) is 5.10 Å². The van der Waals surface area contributed by atoms with Crippen LogP contribution in [0.25, 0.3) is 0 Å². The van der Waals surface area contributed by atoms with Crippen molar-refractivity contribution >= 4 is 11.6 Å². The summed E-state index contributed by atoms with van der Waals surface area (Å²) in [6.07, 6.45) is 0.973. The molecule has 108 valence electrons. The van der Waals surface area contributed by atoms with Gasteiger partial charge in [-0.1, -0.05) is 43.3 Å². The lowest BCUT2D eigenvalue weighted by molar-refractivity contribution is 0.0951. The molecule has 2 aromatic rings. The van der Waals surface area contributed by atoms with E-state index in [0.717, 1.165) is 12.0 Å². The quantitative estimate of drug-likeness (QED) is 0.677. The van der Waals surface area contributed by atoms with E-state index in [2.05, 4.69) is 17.5 Å². The van der Waals surface area contributed by atoms with E-state index >= 15 is 0 Å². The van der Waals surface area contributed by atoms with Crippen LogP contribution in [0.4, 0.5) is 4.39 Å². The third-order valence-electron chi connectivity index (χ3n) is 3.22. The van der Waals surface area contributed by atoms with Crippen molar-refractivity contribution in [3.63, 3.8) is 0 Å². The summed E-state index contributed by atoms with van der Waals surface area (Å²) >= 11 is 0. The fourth-order valence-corrected chi connectivity index (χ4v) is 1.89. The lowest BCUT2D eigenvalue weighted by Gasteiger charge is -2.04. The van der Waals surface area contributed by atoms with Gasteiger partial charge in [0.25, 0.3) is 5.91 Å². The molecule has 0 aliphatic rings.